The molecule has 21 heavy (non-hydrogen) atoms. The Morgan fingerprint density at radius 3 is 2.76 bits per heavy atom. The van der Waals surface area contributed by atoms with Gasteiger partial charge in [0, 0.05) is 12.6 Å². The highest BCUT2D eigenvalue weighted by molar-refractivity contribution is 5.55. The molecule has 0 aliphatic heterocycles. The van der Waals surface area contributed by atoms with Gasteiger partial charge in [-0.3, -0.25) is 10.1 Å². The number of nitrogens with one attached hydrogen (secondary N) is 2. The van der Waals surface area contributed by atoms with Gasteiger partial charge in [0.25, 0.3) is 5.69 Å². The Labute approximate surface area is 124 Å². The van der Waals surface area contributed by atoms with Crippen molar-refractivity contribution < 1.29 is 4.92 Å². The van der Waals surface area contributed by atoms with Gasteiger partial charge in [-0.05, 0) is 37.5 Å². The van der Waals surface area contributed by atoms with Crippen LogP contribution in [0, 0.1) is 22.0 Å². The van der Waals surface area contributed by atoms with Crippen molar-refractivity contribution in [3.8, 4) is 0 Å². The zero-order valence-corrected chi connectivity index (χ0v) is 12.3. The van der Waals surface area contributed by atoms with Gasteiger partial charge in [0.2, 0.25) is 0 Å². The van der Waals surface area contributed by atoms with Crippen LogP contribution in [0.4, 0.5) is 17.3 Å². The number of pyridine rings is 1. The maximum atomic E-state index is 11.1. The number of hydrogen-bond donors (Lipinski definition) is 2. The molecular formula is C15H22N4O2. The van der Waals surface area contributed by atoms with Gasteiger partial charge in [0.1, 0.15) is 11.6 Å². The molecule has 1 aromatic heterocycles. The highest BCUT2D eigenvalue weighted by atomic mass is 16.6. The molecule has 3 rings (SSSR count). The topological polar surface area (TPSA) is 80.1 Å². The van der Waals surface area contributed by atoms with E-state index >= 15 is 0 Å². The Bertz CT molecular complexity index is 534. The summed E-state index contributed by atoms with van der Waals surface area (Å²) in [4.78, 5) is 15.2. The predicted molar refractivity (Wildman–Crippen MR) is 82.5 cm³/mol. The molecule has 0 amide bonds. The van der Waals surface area contributed by atoms with Gasteiger partial charge in [0.15, 0.2) is 0 Å². The van der Waals surface area contributed by atoms with E-state index in [-0.39, 0.29) is 10.6 Å². The summed E-state index contributed by atoms with van der Waals surface area (Å²) >= 11 is 0. The first-order valence-electron chi connectivity index (χ1n) is 7.82. The summed E-state index contributed by atoms with van der Waals surface area (Å²) in [5.41, 5.74) is 0.0919. The van der Waals surface area contributed by atoms with E-state index in [1.54, 1.807) is 6.07 Å². The average molecular weight is 290 g/mol. The third-order valence-electron chi connectivity index (χ3n) is 4.65. The zero-order valence-electron chi connectivity index (χ0n) is 12.3. The molecule has 1 aromatic rings. The van der Waals surface area contributed by atoms with Crippen LogP contribution in [0.5, 0.6) is 0 Å². The Morgan fingerprint density at radius 1 is 1.33 bits per heavy atom. The molecule has 2 saturated carbocycles. The highest BCUT2D eigenvalue weighted by Crippen LogP contribution is 2.45. The fourth-order valence-corrected chi connectivity index (χ4v) is 3.65. The Kier molecular flexibility index (Phi) is 3.94. The summed E-state index contributed by atoms with van der Waals surface area (Å²) in [5, 5.41) is 17.6. The molecule has 1 heterocycles. The summed E-state index contributed by atoms with van der Waals surface area (Å²) in [6.07, 6.45) is 6.05. The lowest BCUT2D eigenvalue weighted by Crippen LogP contribution is -2.26. The van der Waals surface area contributed by atoms with Crippen LogP contribution in [0.15, 0.2) is 12.1 Å². The molecule has 0 aromatic carbocycles. The van der Waals surface area contributed by atoms with E-state index in [9.17, 15) is 10.1 Å². The third kappa shape index (κ3) is 3.09. The SMILES string of the molecule is CCCNc1cc([N+](=O)[O-])cc(NC2CC3CCC2C3)n1. The molecule has 0 spiro atoms. The van der Waals surface area contributed by atoms with Crippen LogP contribution in [-0.4, -0.2) is 22.5 Å². The molecule has 0 saturated heterocycles. The molecule has 6 heteroatoms. The minimum Gasteiger partial charge on any atom is -0.370 e. The van der Waals surface area contributed by atoms with E-state index in [0.717, 1.165) is 18.9 Å². The van der Waals surface area contributed by atoms with Crippen LogP contribution >= 0.6 is 0 Å². The van der Waals surface area contributed by atoms with E-state index in [4.69, 9.17) is 0 Å². The maximum Gasteiger partial charge on any atom is 0.276 e. The fourth-order valence-electron chi connectivity index (χ4n) is 3.65. The van der Waals surface area contributed by atoms with E-state index in [2.05, 4.69) is 22.5 Å². The van der Waals surface area contributed by atoms with E-state index in [0.29, 0.717) is 23.6 Å². The lowest BCUT2D eigenvalue weighted by molar-refractivity contribution is -0.384. The number of nitro groups is 1. The molecule has 114 valence electrons. The van der Waals surface area contributed by atoms with Crippen LogP contribution in [0.2, 0.25) is 0 Å². The van der Waals surface area contributed by atoms with Crippen molar-refractivity contribution in [1.29, 1.82) is 0 Å². The van der Waals surface area contributed by atoms with Crippen molar-refractivity contribution in [2.45, 2.75) is 45.1 Å². The first-order valence-corrected chi connectivity index (χ1v) is 7.82. The second-order valence-electron chi connectivity index (χ2n) is 6.21. The number of rotatable bonds is 6. The molecule has 2 bridgehead atoms. The van der Waals surface area contributed by atoms with Gasteiger partial charge in [0.05, 0.1) is 17.1 Å². The standard InChI is InChI=1S/C15H22N4O2/c1-2-5-16-14-8-12(19(20)21)9-15(18-14)17-13-7-10-3-4-11(13)6-10/h8-11,13H,2-7H2,1H3,(H2,16,17,18). The number of nitrogens with zero attached hydrogens (tertiary/aromatic N) is 2. The molecule has 3 unspecified atom stereocenters. The monoisotopic (exact) mass is 290 g/mol. The summed E-state index contributed by atoms with van der Waals surface area (Å²) in [5.74, 6) is 2.75. The first-order chi connectivity index (χ1) is 10.2. The normalized spacial score (nSPS) is 26.8. The van der Waals surface area contributed by atoms with Crippen molar-refractivity contribution in [2.24, 2.45) is 11.8 Å². The van der Waals surface area contributed by atoms with E-state index in [1.165, 1.54) is 31.7 Å². The van der Waals surface area contributed by atoms with Gasteiger partial charge in [-0.2, -0.15) is 0 Å². The molecule has 0 radical (unpaired) electrons. The van der Waals surface area contributed by atoms with Crippen LogP contribution in [-0.2, 0) is 0 Å². The zero-order chi connectivity index (χ0) is 14.8. The van der Waals surface area contributed by atoms with Crippen LogP contribution in [0.25, 0.3) is 0 Å². The molecule has 6 nitrogen and oxygen atoms in total. The summed E-state index contributed by atoms with van der Waals surface area (Å²) in [6, 6.07) is 3.47. The molecule has 2 fully saturated rings. The number of anilines is 2. The molecule has 3 atom stereocenters. The van der Waals surface area contributed by atoms with Gasteiger partial charge in [-0.25, -0.2) is 4.98 Å². The average Bonchev–Trinajstić information content (AvgIpc) is 3.07. The van der Waals surface area contributed by atoms with Crippen molar-refractivity contribution >= 4 is 17.3 Å². The second-order valence-corrected chi connectivity index (χ2v) is 6.21. The van der Waals surface area contributed by atoms with Gasteiger partial charge in [-0.1, -0.05) is 13.3 Å². The third-order valence-corrected chi connectivity index (χ3v) is 4.65. The van der Waals surface area contributed by atoms with Crippen molar-refractivity contribution in [2.75, 3.05) is 17.2 Å². The molecule has 2 N–H and O–H groups in total. The summed E-state index contributed by atoms with van der Waals surface area (Å²) < 4.78 is 0. The van der Waals surface area contributed by atoms with Crippen LogP contribution in [0.3, 0.4) is 0 Å². The maximum absolute atomic E-state index is 11.1. The molecular weight excluding hydrogens is 268 g/mol. The first kappa shape index (κ1) is 14.1. The van der Waals surface area contributed by atoms with Crippen molar-refractivity contribution in [3.63, 3.8) is 0 Å². The number of fused-ring (bicyclic) bond motifs is 2. The smallest absolute Gasteiger partial charge is 0.276 e. The molecule has 2 aliphatic carbocycles. The van der Waals surface area contributed by atoms with Gasteiger partial charge < -0.3 is 10.6 Å². The Morgan fingerprint density at radius 2 is 2.14 bits per heavy atom. The minimum atomic E-state index is -0.356. The molecule has 2 aliphatic rings. The van der Waals surface area contributed by atoms with E-state index in [1.807, 2.05) is 0 Å². The Hall–Kier alpha value is -1.85. The summed E-state index contributed by atoms with van der Waals surface area (Å²) in [7, 11) is 0. The number of hydrogen-bond acceptors (Lipinski definition) is 5. The van der Waals surface area contributed by atoms with E-state index < -0.39 is 0 Å². The van der Waals surface area contributed by atoms with Crippen molar-refractivity contribution in [3.05, 3.63) is 22.2 Å². The Balaban J connectivity index is 1.76. The largest absolute Gasteiger partial charge is 0.370 e. The quantitative estimate of drug-likeness (QED) is 0.620. The highest BCUT2D eigenvalue weighted by Gasteiger charge is 2.39. The lowest BCUT2D eigenvalue weighted by atomic mass is 9.95. The fraction of sp³-hybridized carbons (Fsp3) is 0.667. The minimum absolute atomic E-state index is 0.0919. The number of aromatic nitrogens is 1. The van der Waals surface area contributed by atoms with Gasteiger partial charge in [-0.15, -0.1) is 0 Å². The van der Waals surface area contributed by atoms with Crippen LogP contribution in [0.1, 0.15) is 39.0 Å². The predicted octanol–water partition coefficient (Wildman–Crippen LogP) is 3.41. The second kappa shape index (κ2) is 5.87. The summed E-state index contributed by atoms with van der Waals surface area (Å²) in [6.45, 7) is 2.82. The van der Waals surface area contributed by atoms with Gasteiger partial charge >= 0.3 is 0 Å². The lowest BCUT2D eigenvalue weighted by Gasteiger charge is -2.23. The van der Waals surface area contributed by atoms with Crippen molar-refractivity contribution in [1.82, 2.24) is 4.98 Å². The van der Waals surface area contributed by atoms with Crippen LogP contribution < -0.4 is 10.6 Å².